The molecule has 0 spiro atoms. The second kappa shape index (κ2) is 2.85. The molecule has 1 N–H and O–H groups in total. The van der Waals surface area contributed by atoms with Crippen molar-refractivity contribution in [3.63, 3.8) is 0 Å². The zero-order chi connectivity index (χ0) is 9.41. The van der Waals surface area contributed by atoms with E-state index >= 15 is 0 Å². The Bertz CT molecular complexity index is 169. The predicted octanol–water partition coefficient (Wildman–Crippen LogP) is 1.22. The van der Waals surface area contributed by atoms with Gasteiger partial charge in [0.25, 0.3) is 0 Å². The normalized spacial score (nSPS) is 22.5. The van der Waals surface area contributed by atoms with Crippen molar-refractivity contribution in [3.05, 3.63) is 0 Å². The molecule has 0 aromatic rings. The Morgan fingerprint density at radius 2 is 1.92 bits per heavy atom. The van der Waals surface area contributed by atoms with Gasteiger partial charge in [0.1, 0.15) is 0 Å². The van der Waals surface area contributed by atoms with Crippen LogP contribution in [0.25, 0.3) is 0 Å². The zero-order valence-electron chi connectivity index (χ0n) is 6.41. The molecule has 12 heavy (non-hydrogen) atoms. The maximum absolute atomic E-state index is 12.3. The molecule has 0 aromatic carbocycles. The van der Waals surface area contributed by atoms with Crippen molar-refractivity contribution in [2.24, 2.45) is 0 Å². The number of halogens is 4. The molecule has 0 unspecified atom stereocenters. The van der Waals surface area contributed by atoms with Crippen LogP contribution < -0.4 is 5.32 Å². The molecule has 1 heterocycles. The highest BCUT2D eigenvalue weighted by atomic mass is 19.3. The molecular formula is C6H9F4NO. The summed E-state index contributed by atoms with van der Waals surface area (Å²) < 4.78 is 51.7. The van der Waals surface area contributed by atoms with Crippen LogP contribution in [0.5, 0.6) is 0 Å². The summed E-state index contributed by atoms with van der Waals surface area (Å²) >= 11 is 0. The highest BCUT2D eigenvalue weighted by Crippen LogP contribution is 2.31. The molecule has 0 amide bonds. The highest BCUT2D eigenvalue weighted by molar-refractivity contribution is 4.91. The smallest absolute Gasteiger partial charge is 0.311 e. The van der Waals surface area contributed by atoms with Gasteiger partial charge in [-0.3, -0.25) is 0 Å². The van der Waals surface area contributed by atoms with E-state index in [1.54, 1.807) is 0 Å². The molecule has 72 valence electrons. The van der Waals surface area contributed by atoms with Gasteiger partial charge in [-0.25, -0.2) is 8.78 Å². The summed E-state index contributed by atoms with van der Waals surface area (Å²) in [6.45, 7) is 1.71. The number of hydrogen-bond donors (Lipinski definition) is 1. The first-order valence-electron chi connectivity index (χ1n) is 3.43. The minimum Gasteiger partial charge on any atom is -0.311 e. The topological polar surface area (TPSA) is 21.3 Å². The van der Waals surface area contributed by atoms with Gasteiger partial charge in [0, 0.05) is 13.1 Å². The van der Waals surface area contributed by atoms with E-state index in [2.05, 4.69) is 10.1 Å². The molecule has 0 saturated carbocycles. The minimum absolute atomic E-state index is 0.176. The van der Waals surface area contributed by atoms with Crippen LogP contribution in [0.4, 0.5) is 17.6 Å². The standard InChI is InChI=1S/C6H9F4NO/c1-5(2-11-3-5)12-6(9,10)4(7)8/h4,11H,2-3H2,1H3. The summed E-state index contributed by atoms with van der Waals surface area (Å²) in [6, 6.07) is 0. The lowest BCUT2D eigenvalue weighted by Gasteiger charge is -2.40. The molecule has 1 rings (SSSR count). The Balaban J connectivity index is 2.48. The second-order valence-electron chi connectivity index (χ2n) is 3.02. The van der Waals surface area contributed by atoms with E-state index in [0.29, 0.717) is 0 Å². The Morgan fingerprint density at radius 1 is 1.42 bits per heavy atom. The van der Waals surface area contributed by atoms with E-state index in [9.17, 15) is 17.6 Å². The van der Waals surface area contributed by atoms with Crippen molar-refractivity contribution >= 4 is 0 Å². The van der Waals surface area contributed by atoms with Gasteiger partial charge in [0.15, 0.2) is 0 Å². The fraction of sp³-hybridized carbons (Fsp3) is 1.00. The molecule has 0 radical (unpaired) electrons. The predicted molar refractivity (Wildman–Crippen MR) is 33.3 cm³/mol. The van der Waals surface area contributed by atoms with Gasteiger partial charge in [-0.15, -0.1) is 0 Å². The van der Waals surface area contributed by atoms with Crippen molar-refractivity contribution in [3.8, 4) is 0 Å². The molecule has 0 aromatic heterocycles. The van der Waals surface area contributed by atoms with Gasteiger partial charge < -0.3 is 10.1 Å². The van der Waals surface area contributed by atoms with Crippen molar-refractivity contribution in [2.75, 3.05) is 13.1 Å². The molecule has 0 atom stereocenters. The van der Waals surface area contributed by atoms with Crippen LogP contribution in [0.1, 0.15) is 6.92 Å². The van der Waals surface area contributed by atoms with E-state index < -0.39 is 18.1 Å². The highest BCUT2D eigenvalue weighted by Gasteiger charge is 2.50. The number of alkyl halides is 4. The lowest BCUT2D eigenvalue weighted by Crippen LogP contribution is -2.62. The first-order valence-corrected chi connectivity index (χ1v) is 3.43. The number of nitrogens with one attached hydrogen (secondary N) is 1. The largest absolute Gasteiger partial charge is 0.417 e. The summed E-state index contributed by atoms with van der Waals surface area (Å²) in [5.41, 5.74) is -1.15. The van der Waals surface area contributed by atoms with Crippen molar-refractivity contribution in [1.29, 1.82) is 0 Å². The van der Waals surface area contributed by atoms with Crippen LogP contribution in [0, 0.1) is 0 Å². The molecule has 0 bridgehead atoms. The Hall–Kier alpha value is -0.360. The molecule has 6 heteroatoms. The van der Waals surface area contributed by atoms with Crippen LogP contribution in [0.3, 0.4) is 0 Å². The van der Waals surface area contributed by atoms with Crippen molar-refractivity contribution in [2.45, 2.75) is 25.1 Å². The maximum atomic E-state index is 12.3. The molecular weight excluding hydrogens is 178 g/mol. The zero-order valence-corrected chi connectivity index (χ0v) is 6.41. The SMILES string of the molecule is CC1(OC(F)(F)C(F)F)CNC1. The first-order chi connectivity index (χ1) is 5.36. The monoisotopic (exact) mass is 187 g/mol. The molecule has 1 aliphatic heterocycles. The van der Waals surface area contributed by atoms with Gasteiger partial charge in [0.05, 0.1) is 5.60 Å². The molecule has 2 nitrogen and oxygen atoms in total. The summed E-state index contributed by atoms with van der Waals surface area (Å²) in [4.78, 5) is 0. The van der Waals surface area contributed by atoms with Crippen LogP contribution in [-0.2, 0) is 4.74 Å². The van der Waals surface area contributed by atoms with Crippen LogP contribution in [0.2, 0.25) is 0 Å². The summed E-state index contributed by atoms with van der Waals surface area (Å²) in [7, 11) is 0. The van der Waals surface area contributed by atoms with E-state index in [-0.39, 0.29) is 13.1 Å². The van der Waals surface area contributed by atoms with E-state index in [0.717, 1.165) is 0 Å². The second-order valence-corrected chi connectivity index (χ2v) is 3.02. The molecule has 1 fully saturated rings. The van der Waals surface area contributed by atoms with Gasteiger partial charge in [-0.05, 0) is 6.92 Å². The molecule has 0 aliphatic carbocycles. The Labute approximate surface area is 66.9 Å². The van der Waals surface area contributed by atoms with Gasteiger partial charge in [-0.2, -0.15) is 8.78 Å². The summed E-state index contributed by atoms with van der Waals surface area (Å²) in [5, 5.41) is 2.66. The molecule has 1 aliphatic rings. The number of hydrogen-bond acceptors (Lipinski definition) is 2. The fourth-order valence-corrected chi connectivity index (χ4v) is 0.922. The quantitative estimate of drug-likeness (QED) is 0.671. The number of rotatable bonds is 3. The average molecular weight is 187 g/mol. The number of ether oxygens (including phenoxy) is 1. The third-order valence-corrected chi connectivity index (χ3v) is 1.63. The lowest BCUT2D eigenvalue weighted by atomic mass is 10.0. The average Bonchev–Trinajstić information content (AvgIpc) is 1.83. The Kier molecular flexibility index (Phi) is 2.31. The fourth-order valence-electron chi connectivity index (χ4n) is 0.922. The minimum atomic E-state index is -4.34. The van der Waals surface area contributed by atoms with Gasteiger partial charge in [0.2, 0.25) is 0 Å². The Morgan fingerprint density at radius 3 is 2.17 bits per heavy atom. The van der Waals surface area contributed by atoms with E-state index in [1.165, 1.54) is 6.92 Å². The third kappa shape index (κ3) is 1.87. The molecule has 1 saturated heterocycles. The maximum Gasteiger partial charge on any atom is 0.417 e. The van der Waals surface area contributed by atoms with Gasteiger partial charge >= 0.3 is 12.5 Å². The van der Waals surface area contributed by atoms with Crippen LogP contribution in [0.15, 0.2) is 0 Å². The van der Waals surface area contributed by atoms with Crippen LogP contribution in [-0.4, -0.2) is 31.2 Å². The summed E-state index contributed by atoms with van der Waals surface area (Å²) in [5.74, 6) is 0. The van der Waals surface area contributed by atoms with Gasteiger partial charge in [-0.1, -0.05) is 0 Å². The first kappa shape index (κ1) is 9.73. The van der Waals surface area contributed by atoms with E-state index in [4.69, 9.17) is 0 Å². The van der Waals surface area contributed by atoms with Crippen molar-refractivity contribution in [1.82, 2.24) is 5.32 Å². The van der Waals surface area contributed by atoms with Crippen LogP contribution >= 0.6 is 0 Å². The lowest BCUT2D eigenvalue weighted by molar-refractivity contribution is -0.346. The van der Waals surface area contributed by atoms with Crippen molar-refractivity contribution < 1.29 is 22.3 Å². The van der Waals surface area contributed by atoms with E-state index in [1.807, 2.05) is 0 Å². The third-order valence-electron chi connectivity index (χ3n) is 1.63. The summed E-state index contributed by atoms with van der Waals surface area (Å²) in [6.07, 6.45) is -8.11.